The molecule has 0 N–H and O–H groups in total. The second kappa shape index (κ2) is 26.4. The summed E-state index contributed by atoms with van der Waals surface area (Å²) in [4.78, 5) is 0. The van der Waals surface area contributed by atoms with Gasteiger partial charge in [0, 0.05) is 71.1 Å². The molecule has 0 atom stereocenters. The van der Waals surface area contributed by atoms with Crippen molar-refractivity contribution in [2.75, 3.05) is 0 Å². The maximum Gasteiger partial charge on any atom is 0.0734 e. The van der Waals surface area contributed by atoms with Crippen molar-refractivity contribution in [3.63, 3.8) is 0 Å². The van der Waals surface area contributed by atoms with Gasteiger partial charge in [0.25, 0.3) is 0 Å². The van der Waals surface area contributed by atoms with Crippen LogP contribution in [0.2, 0.25) is 0 Å². The van der Waals surface area contributed by atoms with Crippen LogP contribution < -0.4 is 0 Å². The number of nitrogens with zero attached hydrogens (tertiary/aromatic N) is 4. The molecule has 24 rings (SSSR count). The second-order valence-corrected chi connectivity index (χ2v) is 31.8. The minimum absolute atomic E-state index is 0.0141. The van der Waals surface area contributed by atoms with Crippen LogP contribution in [0.4, 0.5) is 0 Å². The Bertz CT molecular complexity index is 7680. The molecule has 544 valence electrons. The molecule has 0 fully saturated rings. The Hall–Kier alpha value is -14.8. The van der Waals surface area contributed by atoms with Gasteiger partial charge in [-0.3, -0.25) is 0 Å². The highest BCUT2D eigenvalue weighted by atomic mass is 15.0. The molecule has 4 heteroatoms. The molecule has 22 aromatic rings. The van der Waals surface area contributed by atoms with E-state index in [0.29, 0.717) is 0 Å². The van der Waals surface area contributed by atoms with Gasteiger partial charge >= 0.3 is 0 Å². The van der Waals surface area contributed by atoms with Gasteiger partial charge in [-0.2, -0.15) is 0 Å². The quantitative estimate of drug-likeness (QED) is 0.130. The fourth-order valence-corrected chi connectivity index (χ4v) is 20.1. The van der Waals surface area contributed by atoms with Gasteiger partial charge in [0.15, 0.2) is 0 Å². The molecule has 0 unspecified atom stereocenters. The zero-order chi connectivity index (χ0) is 76.7. The summed E-state index contributed by atoms with van der Waals surface area (Å²) in [5.74, 6) is 0. The van der Waals surface area contributed by atoms with Gasteiger partial charge in [-0.1, -0.05) is 323 Å². The predicted molar refractivity (Wildman–Crippen MR) is 487 cm³/mol. The van der Waals surface area contributed by atoms with Crippen molar-refractivity contribution in [2.24, 2.45) is 0 Å². The van der Waals surface area contributed by atoms with Crippen LogP contribution in [0.25, 0.3) is 177 Å². The van der Waals surface area contributed by atoms with Gasteiger partial charge in [0.1, 0.15) is 0 Å². The second-order valence-electron chi connectivity index (χ2n) is 31.8. The molecular formula is C112H76N4. The van der Waals surface area contributed by atoms with Crippen LogP contribution in [-0.4, -0.2) is 18.3 Å². The molecule has 0 spiro atoms. The topological polar surface area (TPSA) is 19.7 Å². The van der Waals surface area contributed by atoms with Gasteiger partial charge in [0.2, 0.25) is 0 Å². The summed E-state index contributed by atoms with van der Waals surface area (Å²) in [6.07, 6.45) is 0. The van der Waals surface area contributed by atoms with E-state index in [4.69, 9.17) is 0 Å². The molecule has 18 aromatic carbocycles. The lowest BCUT2D eigenvalue weighted by Gasteiger charge is -2.35. The van der Waals surface area contributed by atoms with Crippen LogP contribution in [0, 0.1) is 0 Å². The Labute approximate surface area is 673 Å². The van der Waals surface area contributed by atoms with Crippen molar-refractivity contribution in [1.29, 1.82) is 0 Å². The lowest BCUT2D eigenvalue weighted by atomic mass is 9.67. The fourth-order valence-electron chi connectivity index (χ4n) is 20.1. The van der Waals surface area contributed by atoms with Crippen LogP contribution in [0.15, 0.2) is 425 Å². The molecule has 0 saturated carbocycles. The Morgan fingerprint density at radius 2 is 0.491 bits per heavy atom. The number of rotatable bonds is 10. The lowest BCUT2D eigenvalue weighted by molar-refractivity contribution is 0.660. The van der Waals surface area contributed by atoms with Gasteiger partial charge in [-0.05, 0) is 210 Å². The summed E-state index contributed by atoms with van der Waals surface area (Å²) in [5.41, 5.74) is 36.7. The van der Waals surface area contributed by atoms with Gasteiger partial charge in [-0.25, -0.2) is 0 Å². The lowest BCUT2D eigenvalue weighted by Crippen LogP contribution is -2.29. The van der Waals surface area contributed by atoms with E-state index in [1.807, 2.05) is 0 Å². The maximum atomic E-state index is 2.53. The number of hydrogen-bond donors (Lipinski definition) is 0. The maximum absolute atomic E-state index is 2.53. The van der Waals surface area contributed by atoms with E-state index in [2.05, 4.69) is 457 Å². The summed E-state index contributed by atoms with van der Waals surface area (Å²) >= 11 is 0. The van der Waals surface area contributed by atoms with Crippen molar-refractivity contribution in [2.45, 2.75) is 24.7 Å². The van der Waals surface area contributed by atoms with Crippen LogP contribution in [-0.2, 0) is 10.8 Å². The van der Waals surface area contributed by atoms with E-state index in [1.165, 1.54) is 199 Å². The van der Waals surface area contributed by atoms with Gasteiger partial charge < -0.3 is 18.3 Å². The van der Waals surface area contributed by atoms with E-state index in [1.54, 1.807) is 0 Å². The Morgan fingerprint density at radius 1 is 0.181 bits per heavy atom. The summed E-state index contributed by atoms with van der Waals surface area (Å²) in [6.45, 7) is 4.69. The summed E-state index contributed by atoms with van der Waals surface area (Å²) in [6, 6.07) is 157. The van der Waals surface area contributed by atoms with E-state index >= 15 is 0 Å². The average molecular weight is 1480 g/mol. The van der Waals surface area contributed by atoms with E-state index in [-0.39, 0.29) is 5.41 Å². The van der Waals surface area contributed by atoms with Crippen LogP contribution in [0.3, 0.4) is 0 Å². The Balaban J connectivity index is 0.000000139. The number of benzene rings is 18. The zero-order valence-electron chi connectivity index (χ0n) is 64.2. The first-order chi connectivity index (χ1) is 57.3. The minimum atomic E-state index is -0.528. The summed E-state index contributed by atoms with van der Waals surface area (Å²) < 4.78 is 9.80. The molecule has 4 nitrogen and oxygen atoms in total. The molecule has 0 radical (unpaired) electrons. The molecule has 0 bridgehead atoms. The van der Waals surface area contributed by atoms with Crippen LogP contribution >= 0.6 is 0 Å². The molecule has 4 heterocycles. The van der Waals surface area contributed by atoms with Crippen molar-refractivity contribution in [1.82, 2.24) is 18.3 Å². The molecule has 0 amide bonds. The predicted octanol–water partition coefficient (Wildman–Crippen LogP) is 29.1. The van der Waals surface area contributed by atoms with E-state index < -0.39 is 5.41 Å². The van der Waals surface area contributed by atoms with Crippen LogP contribution in [0.1, 0.15) is 47.2 Å². The number of para-hydroxylation sites is 4. The molecule has 0 aliphatic heterocycles. The fraction of sp³-hybridized carbons (Fsp3) is 0.0357. The number of hydrogen-bond acceptors (Lipinski definition) is 0. The Morgan fingerprint density at radius 3 is 0.940 bits per heavy atom. The number of aromatic nitrogens is 4. The highest BCUT2D eigenvalue weighted by Crippen LogP contribution is 2.59. The zero-order valence-corrected chi connectivity index (χ0v) is 64.2. The highest BCUT2D eigenvalue weighted by Gasteiger charge is 2.48. The SMILES string of the molecule is CC1(C)c2ccccc2-c2cc(-n3c4ccccc4c4cc(-c5ccc6c(c5)c5ccccc5n6-c5cccc(-c6ccccc6)c5)ccc43)ccc21.c1ccc(-c2cccc(-n3c4ccccc4c4cc(-c5ccc6c(c5)c5ccccc5n6-c5cccc6c5C(c5ccccc5)(c5ccccc5)c5ccccc5-6)ccc43)c2)cc1. The number of fused-ring (bicyclic) bond motifs is 18. The largest absolute Gasteiger partial charge is 0.309 e. The highest BCUT2D eigenvalue weighted by molar-refractivity contribution is 6.15. The minimum Gasteiger partial charge on any atom is -0.309 e. The molecule has 2 aliphatic carbocycles. The molecule has 0 saturated heterocycles. The van der Waals surface area contributed by atoms with E-state index in [0.717, 1.165) is 11.4 Å². The van der Waals surface area contributed by atoms with E-state index in [9.17, 15) is 0 Å². The Kier molecular flexibility index (Phi) is 15.2. The summed E-state index contributed by atoms with van der Waals surface area (Å²) in [7, 11) is 0. The first-order valence-corrected chi connectivity index (χ1v) is 40.4. The smallest absolute Gasteiger partial charge is 0.0734 e. The van der Waals surface area contributed by atoms with Crippen molar-refractivity contribution in [3.05, 3.63) is 458 Å². The molecule has 4 aromatic heterocycles. The monoisotopic (exact) mass is 1480 g/mol. The third kappa shape index (κ3) is 10.2. The molecule has 2 aliphatic rings. The normalized spacial score (nSPS) is 13.1. The third-order valence-electron chi connectivity index (χ3n) is 25.3. The van der Waals surface area contributed by atoms with Gasteiger partial charge in [-0.15, -0.1) is 0 Å². The van der Waals surface area contributed by atoms with Crippen molar-refractivity contribution >= 4 is 87.2 Å². The van der Waals surface area contributed by atoms with Gasteiger partial charge in [0.05, 0.1) is 55.2 Å². The first-order valence-electron chi connectivity index (χ1n) is 40.4. The third-order valence-corrected chi connectivity index (χ3v) is 25.3. The van der Waals surface area contributed by atoms with Crippen molar-refractivity contribution in [3.8, 4) is 89.5 Å². The average Bonchev–Trinajstić information content (AvgIpc) is 1.52. The first kappa shape index (κ1) is 66.9. The van der Waals surface area contributed by atoms with Crippen LogP contribution in [0.5, 0.6) is 0 Å². The standard InChI is InChI=1S/C61H40N2.C51H36N2/c1-4-18-41(19-5-1)42-20-16-25-47(38-42)62-55-31-14-11-27-49(55)52-39-43(34-36-57(52)62)44-35-37-58-53(40-44)50-28-12-15-32-56(50)63(58)59-33-17-29-51-48-26-10-13-30-54(48)61(60(51)59,45-21-6-2-7-22-45)46-23-8-3-9-24-46;1-51(2)45-20-9-6-17-39(45)42-32-38(25-26-46(42)51)53-48-22-11-8-19-41(48)44-31-36(24-28-50(44)53)35-23-27-49-43(30-35)40-18-7-10-21-47(40)52(49)37-16-12-15-34(29-37)33-13-4-3-5-14-33/h1-40H;3-32H,1-2H3. The van der Waals surface area contributed by atoms with Crippen molar-refractivity contribution < 1.29 is 0 Å². The summed E-state index contributed by atoms with van der Waals surface area (Å²) in [5, 5.41) is 10.0. The molecule has 116 heavy (non-hydrogen) atoms. The molecular weight excluding hydrogens is 1400 g/mol.